The molecule has 0 N–H and O–H groups in total. The highest BCUT2D eigenvalue weighted by Gasteiger charge is 2.50. The fraction of sp³-hybridized carbons (Fsp3) is 0.941. The van der Waals surface area contributed by atoms with Crippen LogP contribution in [0.25, 0.3) is 0 Å². The van der Waals surface area contributed by atoms with Gasteiger partial charge in [-0.3, -0.25) is 0 Å². The molecule has 21 heavy (non-hydrogen) atoms. The standard InChI is InChI=1S/C17H31NO3/c1-6-8-14-10-16(13-18,11-15(14)9-7-2)12-17(19-3,20-4)21-5/h14-15H,6-12H2,1-5H3/t14-,15-/m0/s1. The van der Waals surface area contributed by atoms with Gasteiger partial charge in [0, 0.05) is 27.8 Å². The molecule has 1 saturated carbocycles. The Hall–Kier alpha value is -0.630. The van der Waals surface area contributed by atoms with Crippen molar-refractivity contribution in [2.45, 2.75) is 64.8 Å². The monoisotopic (exact) mass is 297 g/mol. The molecule has 1 aliphatic rings. The highest BCUT2D eigenvalue weighted by Crippen LogP contribution is 2.52. The van der Waals surface area contributed by atoms with Crippen molar-refractivity contribution in [3.63, 3.8) is 0 Å². The van der Waals surface area contributed by atoms with Gasteiger partial charge >= 0.3 is 0 Å². The molecule has 0 aromatic rings. The lowest BCUT2D eigenvalue weighted by Gasteiger charge is -2.34. The van der Waals surface area contributed by atoms with Crippen molar-refractivity contribution < 1.29 is 14.2 Å². The van der Waals surface area contributed by atoms with Crippen LogP contribution in [0.3, 0.4) is 0 Å². The second kappa shape index (κ2) is 8.12. The molecule has 1 rings (SSSR count). The molecule has 0 saturated heterocycles. The first-order chi connectivity index (χ1) is 10.0. The van der Waals surface area contributed by atoms with E-state index in [-0.39, 0.29) is 0 Å². The summed E-state index contributed by atoms with van der Waals surface area (Å²) in [4.78, 5) is 0. The van der Waals surface area contributed by atoms with Crippen molar-refractivity contribution in [3.05, 3.63) is 0 Å². The average molecular weight is 297 g/mol. The molecule has 4 nitrogen and oxygen atoms in total. The number of methoxy groups -OCH3 is 3. The molecular formula is C17H31NO3. The number of hydrogen-bond acceptors (Lipinski definition) is 4. The molecule has 2 atom stereocenters. The summed E-state index contributed by atoms with van der Waals surface area (Å²) in [5.74, 6) is 0.170. The molecule has 0 unspecified atom stereocenters. The maximum absolute atomic E-state index is 9.82. The van der Waals surface area contributed by atoms with Gasteiger partial charge in [-0.05, 0) is 24.7 Å². The lowest BCUT2D eigenvalue weighted by atomic mass is 9.81. The van der Waals surface area contributed by atoms with E-state index in [1.807, 2.05) is 0 Å². The van der Waals surface area contributed by atoms with Gasteiger partial charge in [-0.25, -0.2) is 0 Å². The first-order valence-corrected chi connectivity index (χ1v) is 8.11. The fourth-order valence-corrected chi connectivity index (χ4v) is 3.99. The molecule has 0 amide bonds. The smallest absolute Gasteiger partial charge is 0.283 e. The number of ether oxygens (including phenoxy) is 3. The number of rotatable bonds is 9. The predicted molar refractivity (Wildman–Crippen MR) is 82.5 cm³/mol. The first kappa shape index (κ1) is 18.4. The molecule has 1 fully saturated rings. The molecule has 0 aromatic carbocycles. The quantitative estimate of drug-likeness (QED) is 0.601. The van der Waals surface area contributed by atoms with Gasteiger partial charge in [0.05, 0.1) is 11.5 Å². The van der Waals surface area contributed by atoms with Gasteiger partial charge < -0.3 is 14.2 Å². The molecule has 0 heterocycles. The van der Waals surface area contributed by atoms with Gasteiger partial charge in [-0.2, -0.15) is 5.26 Å². The highest BCUT2D eigenvalue weighted by molar-refractivity contribution is 5.07. The Bertz CT molecular complexity index is 324. The van der Waals surface area contributed by atoms with Gasteiger partial charge in [0.25, 0.3) is 5.97 Å². The number of nitriles is 1. The Morgan fingerprint density at radius 2 is 1.43 bits per heavy atom. The first-order valence-electron chi connectivity index (χ1n) is 8.11. The van der Waals surface area contributed by atoms with Gasteiger partial charge in [-0.15, -0.1) is 0 Å². The lowest BCUT2D eigenvalue weighted by molar-refractivity contribution is -0.362. The number of hydrogen-bond donors (Lipinski definition) is 0. The van der Waals surface area contributed by atoms with Crippen LogP contribution in [0.2, 0.25) is 0 Å². The van der Waals surface area contributed by atoms with E-state index in [9.17, 15) is 5.26 Å². The van der Waals surface area contributed by atoms with Crippen molar-refractivity contribution in [1.29, 1.82) is 5.26 Å². The molecule has 0 aliphatic heterocycles. The summed E-state index contributed by atoms with van der Waals surface area (Å²) in [7, 11) is 4.71. The summed E-state index contributed by atoms with van der Waals surface area (Å²) in [6, 6.07) is 2.57. The molecular weight excluding hydrogens is 266 g/mol. The summed E-state index contributed by atoms with van der Waals surface area (Å²) in [5, 5.41) is 9.82. The van der Waals surface area contributed by atoms with Crippen LogP contribution in [0, 0.1) is 28.6 Å². The second-order valence-electron chi connectivity index (χ2n) is 6.37. The summed E-state index contributed by atoms with van der Waals surface area (Å²) in [5.41, 5.74) is -0.401. The van der Waals surface area contributed by atoms with Crippen molar-refractivity contribution in [1.82, 2.24) is 0 Å². The molecule has 0 bridgehead atoms. The van der Waals surface area contributed by atoms with Crippen molar-refractivity contribution in [2.75, 3.05) is 21.3 Å². The van der Waals surface area contributed by atoms with Crippen LogP contribution in [0.4, 0.5) is 0 Å². The molecule has 4 heteroatoms. The van der Waals surface area contributed by atoms with E-state index >= 15 is 0 Å². The van der Waals surface area contributed by atoms with E-state index in [0.29, 0.717) is 18.3 Å². The van der Waals surface area contributed by atoms with Gasteiger partial charge in [0.1, 0.15) is 0 Å². The minimum Gasteiger partial charge on any atom is -0.331 e. The average Bonchev–Trinajstić information content (AvgIpc) is 2.84. The lowest BCUT2D eigenvalue weighted by Crippen LogP contribution is -2.41. The molecule has 0 radical (unpaired) electrons. The van der Waals surface area contributed by atoms with Crippen molar-refractivity contribution in [2.24, 2.45) is 17.3 Å². The highest BCUT2D eigenvalue weighted by atomic mass is 16.9. The molecule has 1 aliphatic carbocycles. The van der Waals surface area contributed by atoms with Crippen LogP contribution in [-0.4, -0.2) is 27.3 Å². The largest absolute Gasteiger partial charge is 0.331 e. The number of nitrogens with zero attached hydrogens (tertiary/aromatic N) is 1. The zero-order valence-corrected chi connectivity index (χ0v) is 14.3. The predicted octanol–water partition coefficient (Wildman–Crippen LogP) is 4.11. The van der Waals surface area contributed by atoms with Crippen LogP contribution in [0.5, 0.6) is 0 Å². The molecule has 122 valence electrons. The van der Waals surface area contributed by atoms with E-state index in [1.165, 1.54) is 25.7 Å². The van der Waals surface area contributed by atoms with Gasteiger partial charge in [-0.1, -0.05) is 39.5 Å². The molecule has 0 aromatic heterocycles. The van der Waals surface area contributed by atoms with Crippen molar-refractivity contribution >= 4 is 0 Å². The van der Waals surface area contributed by atoms with E-state index in [2.05, 4.69) is 19.9 Å². The normalized spacial score (nSPS) is 25.0. The Morgan fingerprint density at radius 1 is 1.00 bits per heavy atom. The molecule has 0 spiro atoms. The Morgan fingerprint density at radius 3 is 1.71 bits per heavy atom. The zero-order valence-electron chi connectivity index (χ0n) is 14.3. The Kier molecular flexibility index (Phi) is 7.12. The fourth-order valence-electron chi connectivity index (χ4n) is 3.99. The van der Waals surface area contributed by atoms with Gasteiger partial charge in [0.2, 0.25) is 0 Å². The maximum atomic E-state index is 9.82. The third-order valence-corrected chi connectivity index (χ3v) is 5.02. The third-order valence-electron chi connectivity index (χ3n) is 5.02. The van der Waals surface area contributed by atoms with E-state index < -0.39 is 11.4 Å². The minimum atomic E-state index is -1.10. The summed E-state index contributed by atoms with van der Waals surface area (Å²) < 4.78 is 16.3. The SMILES string of the molecule is CCC[C@H]1CC(C#N)(CC(OC)(OC)OC)C[C@@H]1CCC. The Balaban J connectivity index is 2.92. The topological polar surface area (TPSA) is 51.5 Å². The van der Waals surface area contributed by atoms with E-state index in [1.54, 1.807) is 21.3 Å². The van der Waals surface area contributed by atoms with E-state index in [4.69, 9.17) is 14.2 Å². The van der Waals surface area contributed by atoms with Crippen LogP contribution < -0.4 is 0 Å². The summed E-state index contributed by atoms with van der Waals surface area (Å²) >= 11 is 0. The van der Waals surface area contributed by atoms with Crippen LogP contribution in [0.15, 0.2) is 0 Å². The van der Waals surface area contributed by atoms with Gasteiger partial charge in [0.15, 0.2) is 0 Å². The van der Waals surface area contributed by atoms with Crippen LogP contribution in [0.1, 0.15) is 58.8 Å². The third kappa shape index (κ3) is 4.18. The van der Waals surface area contributed by atoms with Crippen molar-refractivity contribution in [3.8, 4) is 6.07 Å². The Labute approximate surface area is 129 Å². The summed E-state index contributed by atoms with van der Waals surface area (Å²) in [6.45, 7) is 4.44. The second-order valence-corrected chi connectivity index (χ2v) is 6.37. The maximum Gasteiger partial charge on any atom is 0.283 e. The minimum absolute atomic E-state index is 0.401. The van der Waals surface area contributed by atoms with Crippen LogP contribution >= 0.6 is 0 Å². The zero-order chi connectivity index (χ0) is 15.9. The van der Waals surface area contributed by atoms with Crippen LogP contribution in [-0.2, 0) is 14.2 Å². The summed E-state index contributed by atoms with van der Waals surface area (Å²) in [6.07, 6.45) is 7.09. The van der Waals surface area contributed by atoms with E-state index in [0.717, 1.165) is 12.8 Å².